The van der Waals surface area contributed by atoms with E-state index in [-0.39, 0.29) is 17.4 Å². The summed E-state index contributed by atoms with van der Waals surface area (Å²) in [5.41, 5.74) is 3.63. The van der Waals surface area contributed by atoms with Gasteiger partial charge in [0.1, 0.15) is 12.4 Å². The number of ether oxygens (including phenoxy) is 2. The highest BCUT2D eigenvalue weighted by molar-refractivity contribution is 7.92. The van der Waals surface area contributed by atoms with Gasteiger partial charge in [-0.05, 0) is 45.4 Å². The second-order valence-electron chi connectivity index (χ2n) is 8.30. The summed E-state index contributed by atoms with van der Waals surface area (Å²) in [4.78, 5) is 4.32. The Morgan fingerprint density at radius 2 is 1.78 bits per heavy atom. The van der Waals surface area contributed by atoms with E-state index in [1.54, 1.807) is 57.2 Å². The van der Waals surface area contributed by atoms with E-state index < -0.39 is 15.8 Å². The number of nitrogens with one attached hydrogen (secondary N) is 1. The molecule has 8 nitrogen and oxygen atoms in total. The van der Waals surface area contributed by atoms with Crippen molar-refractivity contribution in [1.82, 2.24) is 10.1 Å². The Hall–Kier alpha value is -3.92. The molecule has 0 radical (unpaired) electrons. The first-order valence-electron chi connectivity index (χ1n) is 11.1. The Morgan fingerprint density at radius 1 is 1.03 bits per heavy atom. The number of rotatable bonds is 8. The van der Waals surface area contributed by atoms with Crippen LogP contribution in [0.5, 0.6) is 11.5 Å². The Morgan fingerprint density at radius 3 is 2.44 bits per heavy atom. The summed E-state index contributed by atoms with van der Waals surface area (Å²) in [5, 5.41) is 3.78. The van der Waals surface area contributed by atoms with Crippen molar-refractivity contribution in [3.8, 4) is 22.6 Å². The molecule has 0 spiro atoms. The van der Waals surface area contributed by atoms with Crippen LogP contribution in [0.25, 0.3) is 11.1 Å². The van der Waals surface area contributed by atoms with Gasteiger partial charge in [-0.15, -0.1) is 0 Å². The molecule has 0 aliphatic rings. The Kier molecular flexibility index (Phi) is 6.98. The van der Waals surface area contributed by atoms with Gasteiger partial charge in [-0.1, -0.05) is 35.5 Å². The summed E-state index contributed by atoms with van der Waals surface area (Å²) < 4.78 is 60.1. The number of nitrogens with zero attached hydrogens (tertiary/aromatic N) is 2. The summed E-state index contributed by atoms with van der Waals surface area (Å²) >= 11 is 0. The highest BCUT2D eigenvalue weighted by atomic mass is 32.2. The van der Waals surface area contributed by atoms with Crippen molar-refractivity contribution >= 4 is 15.9 Å². The zero-order valence-corrected chi connectivity index (χ0v) is 21.4. The molecule has 0 saturated carbocycles. The van der Waals surface area contributed by atoms with Crippen LogP contribution in [-0.2, 0) is 16.6 Å². The Bertz CT molecular complexity index is 1530. The number of sulfonamides is 1. The quantitative estimate of drug-likeness (QED) is 0.333. The molecule has 2 aromatic heterocycles. The fraction of sp³-hybridized carbons (Fsp3) is 0.231. The average Bonchev–Trinajstić information content (AvgIpc) is 3.14. The molecule has 1 N–H and O–H groups in total. The SMILES string of the molecule is COc1c(OCc2ccc(-c3ccccc3S(=O)(=O)Nc3onc(C)c3C)cc2F)cc(C)nc1C. The summed E-state index contributed by atoms with van der Waals surface area (Å²) in [6.45, 7) is 7.01. The highest BCUT2D eigenvalue weighted by Gasteiger charge is 2.23. The van der Waals surface area contributed by atoms with E-state index in [0.717, 1.165) is 5.69 Å². The zero-order chi connectivity index (χ0) is 26.0. The number of benzene rings is 2. The summed E-state index contributed by atoms with van der Waals surface area (Å²) in [7, 11) is -2.52. The van der Waals surface area contributed by atoms with Crippen LogP contribution in [-0.4, -0.2) is 25.7 Å². The van der Waals surface area contributed by atoms with E-state index in [2.05, 4.69) is 14.9 Å². The lowest BCUT2D eigenvalue weighted by atomic mass is 10.0. The smallest absolute Gasteiger partial charge is 0.264 e. The molecule has 36 heavy (non-hydrogen) atoms. The molecule has 0 fully saturated rings. The van der Waals surface area contributed by atoms with Crippen molar-refractivity contribution in [2.45, 2.75) is 39.2 Å². The van der Waals surface area contributed by atoms with Crippen LogP contribution in [0.3, 0.4) is 0 Å². The van der Waals surface area contributed by atoms with Crippen LogP contribution in [0, 0.1) is 33.5 Å². The molecule has 0 unspecified atom stereocenters. The fourth-order valence-electron chi connectivity index (χ4n) is 3.75. The molecule has 0 atom stereocenters. The van der Waals surface area contributed by atoms with Crippen LogP contribution in [0.1, 0.15) is 28.2 Å². The van der Waals surface area contributed by atoms with E-state index in [1.807, 2.05) is 6.92 Å². The molecule has 0 aliphatic carbocycles. The monoisotopic (exact) mass is 511 g/mol. The maximum absolute atomic E-state index is 15.1. The predicted octanol–water partition coefficient (Wildman–Crippen LogP) is 5.50. The largest absolute Gasteiger partial charge is 0.491 e. The Labute approximate surface area is 209 Å². The lowest BCUT2D eigenvalue weighted by molar-refractivity contribution is 0.277. The lowest BCUT2D eigenvalue weighted by Gasteiger charge is -2.15. The minimum absolute atomic E-state index is 0.0191. The normalized spacial score (nSPS) is 11.4. The van der Waals surface area contributed by atoms with Crippen molar-refractivity contribution < 1.29 is 26.8 Å². The predicted molar refractivity (Wildman–Crippen MR) is 133 cm³/mol. The van der Waals surface area contributed by atoms with Gasteiger partial charge in [0.2, 0.25) is 5.88 Å². The van der Waals surface area contributed by atoms with Gasteiger partial charge in [-0.25, -0.2) is 17.5 Å². The molecule has 2 aromatic carbocycles. The van der Waals surface area contributed by atoms with E-state index in [9.17, 15) is 8.42 Å². The molecule has 2 heterocycles. The maximum atomic E-state index is 15.1. The van der Waals surface area contributed by atoms with E-state index in [0.29, 0.717) is 45.1 Å². The molecule has 0 saturated heterocycles. The number of hydrogen-bond donors (Lipinski definition) is 1. The number of aromatic nitrogens is 2. The molecule has 0 bridgehead atoms. The van der Waals surface area contributed by atoms with Crippen molar-refractivity contribution in [2.75, 3.05) is 11.8 Å². The molecule has 0 aliphatic heterocycles. The number of anilines is 1. The third-order valence-corrected chi connectivity index (χ3v) is 7.14. The van der Waals surface area contributed by atoms with Gasteiger partial charge < -0.3 is 14.0 Å². The fourth-order valence-corrected chi connectivity index (χ4v) is 5.03. The number of pyridine rings is 1. The van der Waals surface area contributed by atoms with Crippen molar-refractivity contribution in [2.24, 2.45) is 0 Å². The average molecular weight is 512 g/mol. The molecular formula is C26H26FN3O5S. The summed E-state index contributed by atoms with van der Waals surface area (Å²) in [5.74, 6) is 0.460. The van der Waals surface area contributed by atoms with Crippen molar-refractivity contribution in [1.29, 1.82) is 0 Å². The molecule has 4 aromatic rings. The maximum Gasteiger partial charge on any atom is 0.264 e. The summed E-state index contributed by atoms with van der Waals surface area (Å²) in [6.07, 6.45) is 0. The third-order valence-electron chi connectivity index (χ3n) is 5.75. The molecule has 10 heteroatoms. The van der Waals surface area contributed by atoms with Crippen LogP contribution in [0.2, 0.25) is 0 Å². The second-order valence-corrected chi connectivity index (χ2v) is 9.95. The molecule has 4 rings (SSSR count). The molecular weight excluding hydrogens is 485 g/mol. The van der Waals surface area contributed by atoms with E-state index in [4.69, 9.17) is 14.0 Å². The Balaban J connectivity index is 1.61. The van der Waals surface area contributed by atoms with Gasteiger partial charge in [0.15, 0.2) is 11.5 Å². The van der Waals surface area contributed by atoms with Crippen molar-refractivity contribution in [3.63, 3.8) is 0 Å². The third kappa shape index (κ3) is 5.03. The molecule has 0 amide bonds. The van der Waals surface area contributed by atoms with Crippen LogP contribution >= 0.6 is 0 Å². The summed E-state index contributed by atoms with van der Waals surface area (Å²) in [6, 6.07) is 12.6. The zero-order valence-electron chi connectivity index (χ0n) is 20.5. The van der Waals surface area contributed by atoms with Gasteiger partial charge in [0, 0.05) is 28.5 Å². The van der Waals surface area contributed by atoms with Crippen LogP contribution in [0.15, 0.2) is 57.9 Å². The number of hydrogen-bond acceptors (Lipinski definition) is 7. The first-order valence-corrected chi connectivity index (χ1v) is 12.6. The minimum atomic E-state index is -4.04. The van der Waals surface area contributed by atoms with Crippen molar-refractivity contribution in [3.05, 3.63) is 82.6 Å². The van der Waals surface area contributed by atoms with Gasteiger partial charge in [0.25, 0.3) is 10.0 Å². The molecule has 188 valence electrons. The highest BCUT2D eigenvalue weighted by Crippen LogP contribution is 2.33. The minimum Gasteiger partial charge on any atom is -0.491 e. The number of halogens is 1. The van der Waals surface area contributed by atoms with E-state index in [1.165, 1.54) is 19.2 Å². The first kappa shape index (κ1) is 25.2. The van der Waals surface area contributed by atoms with Crippen LogP contribution in [0.4, 0.5) is 10.3 Å². The number of aryl methyl sites for hydroxylation is 3. The lowest BCUT2D eigenvalue weighted by Crippen LogP contribution is -2.14. The van der Waals surface area contributed by atoms with Gasteiger partial charge >= 0.3 is 0 Å². The van der Waals surface area contributed by atoms with E-state index >= 15 is 4.39 Å². The van der Waals surface area contributed by atoms with Gasteiger partial charge in [0.05, 0.1) is 23.4 Å². The number of methoxy groups -OCH3 is 1. The van der Waals surface area contributed by atoms with Crippen LogP contribution < -0.4 is 14.2 Å². The first-order chi connectivity index (χ1) is 17.1. The van der Waals surface area contributed by atoms with Gasteiger partial charge in [-0.3, -0.25) is 4.98 Å². The topological polar surface area (TPSA) is 104 Å². The van der Waals surface area contributed by atoms with Gasteiger partial charge in [-0.2, -0.15) is 0 Å². The second kappa shape index (κ2) is 9.98. The standard InChI is InChI=1S/C26H26FN3O5S/c1-15-12-23(25(33-5)18(4)28-15)34-14-20-11-10-19(13-22(20)27)21-8-6-7-9-24(21)36(31,32)30-26-16(2)17(3)29-35-26/h6-13,30H,14H2,1-5H3.